The number of carbonyl (C=O) groups is 1. The lowest BCUT2D eigenvalue weighted by atomic mass is 10.2. The summed E-state index contributed by atoms with van der Waals surface area (Å²) in [6, 6.07) is 9.01. The van der Waals surface area contributed by atoms with Gasteiger partial charge in [0.15, 0.2) is 22.9 Å². The summed E-state index contributed by atoms with van der Waals surface area (Å²) in [5.41, 5.74) is 2.32. The number of nitrogens with one attached hydrogen (secondary N) is 1. The highest BCUT2D eigenvalue weighted by Gasteiger charge is 2.19. The van der Waals surface area contributed by atoms with Gasteiger partial charge < -0.3 is 19.5 Å². The van der Waals surface area contributed by atoms with Crippen molar-refractivity contribution in [2.24, 2.45) is 0 Å². The minimum Gasteiger partial charge on any atom is -0.490 e. The van der Waals surface area contributed by atoms with Gasteiger partial charge in [-0.25, -0.2) is 4.98 Å². The van der Waals surface area contributed by atoms with Crippen molar-refractivity contribution in [3.63, 3.8) is 0 Å². The van der Waals surface area contributed by atoms with Crippen LogP contribution in [0.2, 0.25) is 0 Å². The molecule has 7 heteroatoms. The summed E-state index contributed by atoms with van der Waals surface area (Å²) < 4.78 is 18.6. The zero-order valence-corrected chi connectivity index (χ0v) is 16.6. The van der Waals surface area contributed by atoms with Crippen LogP contribution < -0.4 is 19.5 Å². The average molecular weight is 383 g/mol. The first-order valence-corrected chi connectivity index (χ1v) is 9.40. The molecule has 7 nitrogen and oxygen atoms in total. The van der Waals surface area contributed by atoms with Gasteiger partial charge in [0.25, 0.3) is 5.91 Å². The van der Waals surface area contributed by atoms with Crippen molar-refractivity contribution in [3.05, 3.63) is 47.9 Å². The minimum absolute atomic E-state index is 0.259. The lowest BCUT2D eigenvalue weighted by Gasteiger charge is -2.13. The molecule has 1 aromatic carbocycles. The second-order valence-electron chi connectivity index (χ2n) is 6.03. The lowest BCUT2D eigenvalue weighted by molar-refractivity contribution is 0.102. The zero-order chi connectivity index (χ0) is 20.1. The van der Waals surface area contributed by atoms with Crippen LogP contribution in [0, 0.1) is 6.92 Å². The van der Waals surface area contributed by atoms with E-state index >= 15 is 0 Å². The molecule has 1 N–H and O–H groups in total. The number of imidazole rings is 1. The molecule has 28 heavy (non-hydrogen) atoms. The maximum Gasteiger partial charge on any atom is 0.274 e. The Labute approximate surface area is 164 Å². The molecule has 0 atom stereocenters. The molecule has 2 heterocycles. The fraction of sp³-hybridized carbons (Fsp3) is 0.333. The highest BCUT2D eigenvalue weighted by molar-refractivity contribution is 6.04. The van der Waals surface area contributed by atoms with Crippen molar-refractivity contribution in [1.82, 2.24) is 9.38 Å². The van der Waals surface area contributed by atoms with Crippen LogP contribution in [0.4, 0.5) is 5.69 Å². The number of pyridine rings is 1. The first-order chi connectivity index (χ1) is 13.6. The number of anilines is 1. The van der Waals surface area contributed by atoms with E-state index in [1.165, 1.54) is 0 Å². The van der Waals surface area contributed by atoms with Gasteiger partial charge in [0.05, 0.1) is 25.5 Å². The minimum atomic E-state index is -0.259. The van der Waals surface area contributed by atoms with Crippen LogP contribution in [0.3, 0.4) is 0 Å². The summed E-state index contributed by atoms with van der Waals surface area (Å²) in [7, 11) is 0. The molecular formula is C21H25N3O4. The molecule has 3 aromatic rings. The van der Waals surface area contributed by atoms with Gasteiger partial charge in [-0.1, -0.05) is 0 Å². The van der Waals surface area contributed by atoms with Gasteiger partial charge in [0.1, 0.15) is 5.69 Å². The topological polar surface area (TPSA) is 74.1 Å². The van der Waals surface area contributed by atoms with Crippen LogP contribution in [-0.2, 0) is 0 Å². The van der Waals surface area contributed by atoms with E-state index in [0.29, 0.717) is 59.8 Å². The molecule has 0 saturated carbocycles. The van der Waals surface area contributed by atoms with E-state index in [0.717, 1.165) is 0 Å². The summed E-state index contributed by atoms with van der Waals surface area (Å²) in [5, 5.41) is 2.92. The number of carbonyl (C=O) groups excluding carboxylic acids is 1. The van der Waals surface area contributed by atoms with E-state index < -0.39 is 0 Å². The van der Waals surface area contributed by atoms with Gasteiger partial charge in [0, 0.05) is 18.0 Å². The number of nitrogens with zero attached hydrogens (tertiary/aromatic N) is 2. The monoisotopic (exact) mass is 383 g/mol. The Morgan fingerprint density at radius 3 is 2.39 bits per heavy atom. The Bertz CT molecular complexity index is 981. The second-order valence-corrected chi connectivity index (χ2v) is 6.03. The predicted octanol–water partition coefficient (Wildman–Crippen LogP) is 4.09. The van der Waals surface area contributed by atoms with Crippen molar-refractivity contribution in [1.29, 1.82) is 0 Å². The first kappa shape index (κ1) is 19.5. The lowest BCUT2D eigenvalue weighted by Crippen LogP contribution is -2.15. The van der Waals surface area contributed by atoms with Crippen LogP contribution in [-0.4, -0.2) is 35.1 Å². The largest absolute Gasteiger partial charge is 0.490 e. The number of aryl methyl sites for hydroxylation is 1. The van der Waals surface area contributed by atoms with Crippen LogP contribution in [0.1, 0.15) is 37.0 Å². The predicted molar refractivity (Wildman–Crippen MR) is 108 cm³/mol. The molecule has 0 aliphatic rings. The summed E-state index contributed by atoms with van der Waals surface area (Å²) in [4.78, 5) is 17.5. The molecule has 0 saturated heterocycles. The third-order valence-electron chi connectivity index (χ3n) is 4.10. The van der Waals surface area contributed by atoms with Crippen molar-refractivity contribution >= 4 is 17.2 Å². The van der Waals surface area contributed by atoms with Crippen LogP contribution in [0.15, 0.2) is 36.5 Å². The van der Waals surface area contributed by atoms with Gasteiger partial charge in [0.2, 0.25) is 0 Å². The molecule has 0 aliphatic carbocycles. The van der Waals surface area contributed by atoms with Crippen molar-refractivity contribution in [2.45, 2.75) is 27.7 Å². The number of aromatic nitrogens is 2. The molecule has 0 bridgehead atoms. The highest BCUT2D eigenvalue weighted by Crippen LogP contribution is 2.31. The zero-order valence-electron chi connectivity index (χ0n) is 16.6. The quantitative estimate of drug-likeness (QED) is 0.634. The standard InChI is InChI=1S/C21H25N3O4/c1-5-26-16-11-10-15(13-18(16)28-7-3)23-21(25)19-14(4)22-20-17(27-6-2)9-8-12-24(19)20/h8-13H,5-7H2,1-4H3,(H,23,25). The fourth-order valence-electron chi connectivity index (χ4n) is 3.02. The summed E-state index contributed by atoms with van der Waals surface area (Å²) in [6.07, 6.45) is 1.80. The summed E-state index contributed by atoms with van der Waals surface area (Å²) in [6.45, 7) is 9.10. The van der Waals surface area contributed by atoms with Gasteiger partial charge >= 0.3 is 0 Å². The third kappa shape index (κ3) is 3.88. The molecule has 0 aliphatic heterocycles. The molecule has 1 amide bonds. The first-order valence-electron chi connectivity index (χ1n) is 9.40. The number of rotatable bonds is 8. The fourth-order valence-corrected chi connectivity index (χ4v) is 3.02. The Morgan fingerprint density at radius 2 is 1.68 bits per heavy atom. The van der Waals surface area contributed by atoms with Crippen molar-refractivity contribution in [3.8, 4) is 17.2 Å². The molecular weight excluding hydrogens is 358 g/mol. The maximum atomic E-state index is 13.0. The van der Waals surface area contributed by atoms with E-state index in [-0.39, 0.29) is 5.91 Å². The third-order valence-corrected chi connectivity index (χ3v) is 4.10. The Balaban J connectivity index is 1.92. The molecule has 0 unspecified atom stereocenters. The molecule has 148 valence electrons. The van der Waals surface area contributed by atoms with Crippen LogP contribution in [0.5, 0.6) is 17.2 Å². The average Bonchev–Trinajstić information content (AvgIpc) is 3.01. The van der Waals surface area contributed by atoms with E-state index in [1.807, 2.05) is 32.9 Å². The molecule has 0 spiro atoms. The van der Waals surface area contributed by atoms with Gasteiger partial charge in [-0.05, 0) is 52.0 Å². The van der Waals surface area contributed by atoms with Gasteiger partial charge in [-0.3, -0.25) is 9.20 Å². The van der Waals surface area contributed by atoms with E-state index in [1.54, 1.807) is 35.7 Å². The number of hydrogen-bond acceptors (Lipinski definition) is 5. The number of ether oxygens (including phenoxy) is 3. The number of amides is 1. The maximum absolute atomic E-state index is 13.0. The summed E-state index contributed by atoms with van der Waals surface area (Å²) >= 11 is 0. The SMILES string of the molecule is CCOc1ccc(NC(=O)c2c(C)nc3c(OCC)cccn23)cc1OCC. The van der Waals surface area contributed by atoms with Crippen molar-refractivity contribution in [2.75, 3.05) is 25.1 Å². The Kier molecular flexibility index (Phi) is 6.03. The Morgan fingerprint density at radius 1 is 1.00 bits per heavy atom. The van der Waals surface area contributed by atoms with Crippen LogP contribution >= 0.6 is 0 Å². The molecule has 3 rings (SSSR count). The van der Waals surface area contributed by atoms with E-state index in [2.05, 4.69) is 10.3 Å². The van der Waals surface area contributed by atoms with E-state index in [9.17, 15) is 4.79 Å². The molecule has 2 aromatic heterocycles. The second kappa shape index (κ2) is 8.65. The number of benzene rings is 1. The summed E-state index contributed by atoms with van der Waals surface area (Å²) in [5.74, 6) is 1.63. The molecule has 0 fully saturated rings. The molecule has 0 radical (unpaired) electrons. The van der Waals surface area contributed by atoms with Crippen molar-refractivity contribution < 1.29 is 19.0 Å². The van der Waals surface area contributed by atoms with E-state index in [4.69, 9.17) is 14.2 Å². The highest BCUT2D eigenvalue weighted by atomic mass is 16.5. The van der Waals surface area contributed by atoms with Gasteiger partial charge in [-0.15, -0.1) is 0 Å². The number of fused-ring (bicyclic) bond motifs is 1. The smallest absolute Gasteiger partial charge is 0.274 e. The van der Waals surface area contributed by atoms with Gasteiger partial charge in [-0.2, -0.15) is 0 Å². The Hall–Kier alpha value is -3.22. The van der Waals surface area contributed by atoms with Crippen LogP contribution in [0.25, 0.3) is 5.65 Å². The normalized spacial score (nSPS) is 10.7. The number of hydrogen-bond donors (Lipinski definition) is 1.